The van der Waals surface area contributed by atoms with Gasteiger partial charge in [0.15, 0.2) is 17.0 Å². The van der Waals surface area contributed by atoms with Crippen LogP contribution in [0.15, 0.2) is 41.4 Å². The summed E-state index contributed by atoms with van der Waals surface area (Å²) in [6.07, 6.45) is -2.94. The zero-order valence-electron chi connectivity index (χ0n) is 33.5. The first-order valence-corrected chi connectivity index (χ1v) is 17.5. The number of aliphatic carboxylic acids is 2. The number of amides is 3. The van der Waals surface area contributed by atoms with Gasteiger partial charge in [0.1, 0.15) is 11.2 Å². The number of para-hydroxylation sites is 1. The molecule has 0 radical (unpaired) electrons. The minimum atomic E-state index is -2.24. The van der Waals surface area contributed by atoms with Gasteiger partial charge in [0.2, 0.25) is 5.96 Å². The molecule has 0 aromatic heterocycles. The average molecular weight is 769 g/mol. The summed E-state index contributed by atoms with van der Waals surface area (Å²) in [7, 11) is 0. The van der Waals surface area contributed by atoms with Crippen molar-refractivity contribution < 1.29 is 57.9 Å². The van der Waals surface area contributed by atoms with Crippen molar-refractivity contribution in [2.45, 2.75) is 118 Å². The number of nitrogens with zero attached hydrogens (tertiary/aromatic N) is 3. The maximum Gasteiger partial charge on any atom is 0.437 e. The zero-order valence-corrected chi connectivity index (χ0v) is 33.5. The minimum Gasteiger partial charge on any atom is -0.488 e. The molecule has 0 bridgehead atoms. The smallest absolute Gasteiger partial charge is 0.437 e. The van der Waals surface area contributed by atoms with Gasteiger partial charge in [-0.3, -0.25) is 9.59 Å². The predicted octanol–water partition coefficient (Wildman–Crippen LogP) is 6.42. The summed E-state index contributed by atoms with van der Waals surface area (Å²) >= 11 is 0. The fraction of sp³-hybridized carbons (Fsp3) is 0.513. The number of ether oxygens (including phenoxy) is 4. The Bertz CT molecular complexity index is 1890. The molecule has 0 aliphatic carbocycles. The third-order valence-corrected chi connectivity index (χ3v) is 8.26. The van der Waals surface area contributed by atoms with Crippen molar-refractivity contribution in [2.75, 3.05) is 11.5 Å². The number of rotatable bonds is 6. The first kappa shape index (κ1) is 43.7. The van der Waals surface area contributed by atoms with Crippen LogP contribution >= 0.6 is 0 Å². The highest BCUT2D eigenvalue weighted by Gasteiger charge is 2.59. The van der Waals surface area contributed by atoms with Gasteiger partial charge in [-0.15, -0.1) is 4.99 Å². The van der Waals surface area contributed by atoms with Gasteiger partial charge in [-0.25, -0.2) is 24.1 Å². The molecule has 3 rings (SSSR count). The normalized spacial score (nSPS) is 14.9. The van der Waals surface area contributed by atoms with Crippen LogP contribution in [0.5, 0.6) is 11.5 Å². The molecule has 16 heteroatoms. The van der Waals surface area contributed by atoms with Gasteiger partial charge in [0.05, 0.1) is 29.8 Å². The van der Waals surface area contributed by atoms with E-state index in [0.29, 0.717) is 5.56 Å². The van der Waals surface area contributed by atoms with Crippen LogP contribution in [0.3, 0.4) is 0 Å². The Kier molecular flexibility index (Phi) is 12.4. The van der Waals surface area contributed by atoms with Crippen molar-refractivity contribution in [1.29, 1.82) is 0 Å². The average Bonchev–Trinajstić information content (AvgIpc) is 3.04. The molecule has 1 aliphatic heterocycles. The van der Waals surface area contributed by atoms with Crippen molar-refractivity contribution in [2.24, 2.45) is 16.1 Å². The number of nitrogens with two attached hydrogens (primary N) is 1. The van der Waals surface area contributed by atoms with Crippen molar-refractivity contribution in [3.63, 3.8) is 0 Å². The van der Waals surface area contributed by atoms with Crippen molar-refractivity contribution in [3.8, 4) is 11.5 Å². The number of esters is 1. The Hall–Kier alpha value is -5.67. The van der Waals surface area contributed by atoms with Crippen LogP contribution in [0.4, 0.5) is 15.3 Å². The number of benzene rings is 2. The maximum atomic E-state index is 14.7. The third-order valence-electron chi connectivity index (χ3n) is 8.26. The second kappa shape index (κ2) is 15.6. The summed E-state index contributed by atoms with van der Waals surface area (Å²) in [6.45, 7) is 19.0. The Morgan fingerprint density at radius 2 is 1.47 bits per heavy atom. The van der Waals surface area contributed by atoms with E-state index in [-0.39, 0.29) is 41.3 Å². The highest BCUT2D eigenvalue weighted by molar-refractivity contribution is 6.15. The van der Waals surface area contributed by atoms with Crippen molar-refractivity contribution >= 4 is 47.6 Å². The topological polar surface area (TPSA) is 225 Å². The number of guanidine groups is 1. The van der Waals surface area contributed by atoms with E-state index in [1.165, 1.54) is 36.4 Å². The molecule has 1 aliphatic rings. The van der Waals surface area contributed by atoms with Crippen molar-refractivity contribution in [1.82, 2.24) is 4.90 Å². The van der Waals surface area contributed by atoms with Gasteiger partial charge in [-0.2, -0.15) is 0 Å². The number of hydrogen-bond donors (Lipinski definition) is 3. The largest absolute Gasteiger partial charge is 0.488 e. The highest BCUT2D eigenvalue weighted by Crippen LogP contribution is 2.45. The van der Waals surface area contributed by atoms with Gasteiger partial charge in [-0.05, 0) is 104 Å². The van der Waals surface area contributed by atoms with Gasteiger partial charge >= 0.3 is 30.1 Å². The molecule has 0 saturated carbocycles. The molecule has 0 fully saturated rings. The SMILES string of the molecule is CC(C)(C)OC(=O)N=C(N)N(C(=O)OC(C)(C)C)c1ccc2c(c1)CCOc1c(cccc1C(=O)N(C(C)(C)C)[C@@](CC(=O)O)(C(=O)O)C(C)(C)C)OC2=O. The second-order valence-electron chi connectivity index (χ2n) is 17.0. The summed E-state index contributed by atoms with van der Waals surface area (Å²) in [6, 6.07) is 8.40. The fourth-order valence-corrected chi connectivity index (χ4v) is 6.09. The van der Waals surface area contributed by atoms with E-state index in [9.17, 15) is 39.0 Å². The van der Waals surface area contributed by atoms with E-state index in [0.717, 1.165) is 9.80 Å². The Morgan fingerprint density at radius 1 is 0.873 bits per heavy atom. The van der Waals surface area contributed by atoms with Gasteiger partial charge < -0.3 is 39.8 Å². The Labute approximate surface area is 320 Å². The summed E-state index contributed by atoms with van der Waals surface area (Å²) in [5.41, 5.74) is -0.181. The molecular weight excluding hydrogens is 716 g/mol. The van der Waals surface area contributed by atoms with E-state index in [1.807, 2.05) is 0 Å². The lowest BCUT2D eigenvalue weighted by molar-refractivity contribution is -0.169. The molecule has 4 N–H and O–H groups in total. The Morgan fingerprint density at radius 3 is 1.98 bits per heavy atom. The van der Waals surface area contributed by atoms with E-state index in [2.05, 4.69) is 4.99 Å². The molecule has 0 spiro atoms. The van der Waals surface area contributed by atoms with Crippen LogP contribution in [0, 0.1) is 5.41 Å². The summed E-state index contributed by atoms with van der Waals surface area (Å²) in [5.74, 6) is -5.56. The van der Waals surface area contributed by atoms with Crippen LogP contribution < -0.4 is 20.1 Å². The van der Waals surface area contributed by atoms with E-state index >= 15 is 0 Å². The molecule has 2 aromatic rings. The molecule has 16 nitrogen and oxygen atoms in total. The quantitative estimate of drug-likeness (QED) is 0.125. The highest BCUT2D eigenvalue weighted by atomic mass is 16.6. The third kappa shape index (κ3) is 10.1. The minimum absolute atomic E-state index is 0.00850. The van der Waals surface area contributed by atoms with E-state index in [4.69, 9.17) is 24.7 Å². The number of carbonyl (C=O) groups excluding carboxylic acids is 4. The molecule has 3 amide bonds. The number of hydrogen-bond acceptors (Lipinski definition) is 10. The molecular formula is C39H52N4O12. The van der Waals surface area contributed by atoms with Crippen LogP contribution in [0.2, 0.25) is 0 Å². The van der Waals surface area contributed by atoms with Gasteiger partial charge in [0, 0.05) is 12.0 Å². The van der Waals surface area contributed by atoms with Crippen LogP contribution in [-0.4, -0.2) is 86.0 Å². The zero-order chi connectivity index (χ0) is 42.1. The number of carbonyl (C=O) groups is 6. The maximum absolute atomic E-state index is 14.7. The molecule has 2 aromatic carbocycles. The molecule has 0 saturated heterocycles. The standard InChI is InChI=1S/C39H52N4O12/c1-35(2,3)39(31(48)49,21-27(44)45)43(36(4,5)6)29(46)25-14-13-15-26-28(25)52-19-18-22-20-23(16-17-24(22)30(47)53-26)42(34(51)55-38(10,11)12)32(40)41-33(50)54-37(7,8)9/h13-17,20H,18-19,21H2,1-12H3,(H,44,45)(H,48,49)(H2,40,41,50)/t39-/m0/s1. The number of aliphatic imine (C=N–C) groups is 1. The summed E-state index contributed by atoms with van der Waals surface area (Å²) in [5, 5.41) is 20.6. The molecule has 0 unspecified atom stereocenters. The van der Waals surface area contributed by atoms with E-state index in [1.54, 1.807) is 83.1 Å². The molecule has 1 heterocycles. The van der Waals surface area contributed by atoms with Crippen LogP contribution in [0.1, 0.15) is 116 Å². The second-order valence-corrected chi connectivity index (χ2v) is 17.0. The lowest BCUT2D eigenvalue weighted by Crippen LogP contribution is -2.69. The summed E-state index contributed by atoms with van der Waals surface area (Å²) in [4.78, 5) is 85.4. The lowest BCUT2D eigenvalue weighted by atomic mass is 9.68. The fourth-order valence-electron chi connectivity index (χ4n) is 6.09. The first-order chi connectivity index (χ1) is 25.0. The van der Waals surface area contributed by atoms with Gasteiger partial charge in [-0.1, -0.05) is 26.8 Å². The Balaban J connectivity index is 2.15. The predicted molar refractivity (Wildman–Crippen MR) is 202 cm³/mol. The molecule has 55 heavy (non-hydrogen) atoms. The molecule has 300 valence electrons. The molecule has 1 atom stereocenters. The lowest BCUT2D eigenvalue weighted by Gasteiger charge is -2.53. The number of anilines is 1. The number of fused-ring (bicyclic) bond motifs is 2. The van der Waals surface area contributed by atoms with Crippen molar-refractivity contribution in [3.05, 3.63) is 53.1 Å². The number of carboxylic acids is 2. The summed E-state index contributed by atoms with van der Waals surface area (Å²) < 4.78 is 22.7. The van der Waals surface area contributed by atoms with Crippen LogP contribution in [0.25, 0.3) is 0 Å². The first-order valence-electron chi connectivity index (χ1n) is 17.5. The van der Waals surface area contributed by atoms with E-state index < -0.39 is 76.1 Å². The van der Waals surface area contributed by atoms with Gasteiger partial charge in [0.25, 0.3) is 5.91 Å². The monoisotopic (exact) mass is 768 g/mol. The van der Waals surface area contributed by atoms with Crippen LogP contribution in [-0.2, 0) is 25.5 Å². The number of carboxylic acid groups (broad SMARTS) is 2.